The smallest absolute Gasteiger partial charge is 0.143 e. The lowest BCUT2D eigenvalue weighted by Crippen LogP contribution is -2.05. The van der Waals surface area contributed by atoms with Crippen molar-refractivity contribution >= 4 is 11.4 Å². The molecule has 72 valence electrons. The van der Waals surface area contributed by atoms with Crippen LogP contribution < -0.4 is 11.1 Å². The van der Waals surface area contributed by atoms with Gasteiger partial charge < -0.3 is 11.1 Å². The molecule has 0 radical (unpaired) electrons. The van der Waals surface area contributed by atoms with E-state index in [1.165, 1.54) is 12.1 Å². The van der Waals surface area contributed by atoms with E-state index in [0.717, 1.165) is 12.8 Å². The molecule has 1 aliphatic carbocycles. The molecule has 0 saturated heterocycles. The molecule has 4 heteroatoms. The lowest BCUT2D eigenvalue weighted by Gasteiger charge is -2.08. The first-order chi connectivity index (χ1) is 6.70. The third-order valence-corrected chi connectivity index (χ3v) is 2.20. The molecule has 1 fully saturated rings. The molecule has 1 aliphatic rings. The number of rotatable bonds is 2. The van der Waals surface area contributed by atoms with Gasteiger partial charge in [-0.25, -0.2) is 4.39 Å². The summed E-state index contributed by atoms with van der Waals surface area (Å²) in [7, 11) is 0. The van der Waals surface area contributed by atoms with Crippen molar-refractivity contribution in [3.8, 4) is 6.07 Å². The van der Waals surface area contributed by atoms with E-state index < -0.39 is 5.82 Å². The third-order valence-electron chi connectivity index (χ3n) is 2.20. The van der Waals surface area contributed by atoms with Crippen LogP contribution in [0, 0.1) is 17.1 Å². The molecule has 0 bridgehead atoms. The quantitative estimate of drug-likeness (QED) is 0.701. The molecular formula is C10H10FN3. The van der Waals surface area contributed by atoms with E-state index >= 15 is 0 Å². The monoisotopic (exact) mass is 191 g/mol. The highest BCUT2D eigenvalue weighted by Crippen LogP contribution is 2.29. The normalized spacial score (nSPS) is 14.9. The molecular weight excluding hydrogens is 181 g/mol. The summed E-state index contributed by atoms with van der Waals surface area (Å²) in [5.74, 6) is -0.564. The summed E-state index contributed by atoms with van der Waals surface area (Å²) in [5, 5.41) is 11.8. The maximum Gasteiger partial charge on any atom is 0.143 e. The van der Waals surface area contributed by atoms with E-state index in [9.17, 15) is 4.39 Å². The van der Waals surface area contributed by atoms with Crippen LogP contribution in [0.5, 0.6) is 0 Å². The predicted octanol–water partition coefficient (Wildman–Crippen LogP) is 1.85. The van der Waals surface area contributed by atoms with E-state index in [2.05, 4.69) is 5.32 Å². The van der Waals surface area contributed by atoms with E-state index in [-0.39, 0.29) is 5.56 Å². The van der Waals surface area contributed by atoms with Crippen LogP contribution in [-0.2, 0) is 0 Å². The first-order valence-electron chi connectivity index (χ1n) is 4.46. The van der Waals surface area contributed by atoms with Crippen molar-refractivity contribution in [2.45, 2.75) is 18.9 Å². The Bertz CT molecular complexity index is 405. The Labute approximate surface area is 81.3 Å². The number of nitriles is 1. The fourth-order valence-electron chi connectivity index (χ4n) is 1.25. The summed E-state index contributed by atoms with van der Waals surface area (Å²) in [5.41, 5.74) is 6.65. The van der Waals surface area contributed by atoms with Crippen molar-refractivity contribution in [1.29, 1.82) is 5.26 Å². The van der Waals surface area contributed by atoms with Crippen LogP contribution in [-0.4, -0.2) is 6.04 Å². The van der Waals surface area contributed by atoms with E-state index in [4.69, 9.17) is 11.0 Å². The molecule has 1 aromatic carbocycles. The van der Waals surface area contributed by atoms with Crippen LogP contribution in [0.1, 0.15) is 18.4 Å². The molecule has 1 aromatic rings. The first-order valence-corrected chi connectivity index (χ1v) is 4.46. The number of hydrogen-bond donors (Lipinski definition) is 2. The summed E-state index contributed by atoms with van der Waals surface area (Å²) >= 11 is 0. The minimum Gasteiger partial charge on any atom is -0.397 e. The van der Waals surface area contributed by atoms with Crippen LogP contribution in [0.15, 0.2) is 12.1 Å². The lowest BCUT2D eigenvalue weighted by molar-refractivity contribution is 0.624. The van der Waals surface area contributed by atoms with Crippen molar-refractivity contribution in [2.75, 3.05) is 11.1 Å². The minimum absolute atomic E-state index is 0.0300. The first kappa shape index (κ1) is 8.82. The summed E-state index contributed by atoms with van der Waals surface area (Å²) < 4.78 is 13.1. The predicted molar refractivity (Wildman–Crippen MR) is 52.2 cm³/mol. The highest BCUT2D eigenvalue weighted by Gasteiger charge is 2.22. The average molecular weight is 191 g/mol. The molecule has 0 aromatic heterocycles. The van der Waals surface area contributed by atoms with Gasteiger partial charge in [0.25, 0.3) is 0 Å². The average Bonchev–Trinajstić information content (AvgIpc) is 2.93. The van der Waals surface area contributed by atoms with Gasteiger partial charge >= 0.3 is 0 Å². The van der Waals surface area contributed by atoms with Crippen molar-refractivity contribution in [1.82, 2.24) is 0 Å². The van der Waals surface area contributed by atoms with Gasteiger partial charge in [0.2, 0.25) is 0 Å². The van der Waals surface area contributed by atoms with Crippen molar-refractivity contribution in [3.05, 3.63) is 23.5 Å². The topological polar surface area (TPSA) is 61.8 Å². The SMILES string of the molecule is N#Cc1cc(NC2CC2)c(N)cc1F. The molecule has 0 heterocycles. The number of nitrogens with one attached hydrogen (secondary N) is 1. The third kappa shape index (κ3) is 1.62. The van der Waals surface area contributed by atoms with Crippen molar-refractivity contribution < 1.29 is 4.39 Å². The second-order valence-corrected chi connectivity index (χ2v) is 3.45. The van der Waals surface area contributed by atoms with Crippen LogP contribution >= 0.6 is 0 Å². The Morgan fingerprint density at radius 1 is 1.50 bits per heavy atom. The molecule has 0 amide bonds. The Kier molecular flexibility index (Phi) is 2.01. The zero-order valence-electron chi connectivity index (χ0n) is 7.55. The van der Waals surface area contributed by atoms with Crippen molar-refractivity contribution in [3.63, 3.8) is 0 Å². The summed E-state index contributed by atoms with van der Waals surface area (Å²) in [6.07, 6.45) is 2.22. The summed E-state index contributed by atoms with van der Waals surface area (Å²) in [4.78, 5) is 0. The second kappa shape index (κ2) is 3.18. The Hall–Kier alpha value is -1.76. The molecule has 3 N–H and O–H groups in total. The van der Waals surface area contributed by atoms with Gasteiger partial charge in [0, 0.05) is 12.1 Å². The minimum atomic E-state index is -0.564. The molecule has 0 unspecified atom stereocenters. The fourth-order valence-corrected chi connectivity index (χ4v) is 1.25. The zero-order chi connectivity index (χ0) is 10.1. The van der Waals surface area contributed by atoms with Gasteiger partial charge in [0.05, 0.1) is 16.9 Å². The number of hydrogen-bond acceptors (Lipinski definition) is 3. The Morgan fingerprint density at radius 3 is 2.79 bits per heavy atom. The molecule has 0 spiro atoms. The van der Waals surface area contributed by atoms with E-state index in [1.54, 1.807) is 6.07 Å². The van der Waals surface area contributed by atoms with Crippen molar-refractivity contribution in [2.24, 2.45) is 0 Å². The summed E-state index contributed by atoms with van der Waals surface area (Å²) in [6, 6.07) is 4.87. The van der Waals surface area contributed by atoms with Crippen LogP contribution in [0.3, 0.4) is 0 Å². The fraction of sp³-hybridized carbons (Fsp3) is 0.300. The van der Waals surface area contributed by atoms with Gasteiger partial charge in [-0.3, -0.25) is 0 Å². The molecule has 2 rings (SSSR count). The van der Waals surface area contributed by atoms with Crippen LogP contribution in [0.4, 0.5) is 15.8 Å². The van der Waals surface area contributed by atoms with Crippen LogP contribution in [0.2, 0.25) is 0 Å². The Balaban J connectivity index is 2.33. The maximum absolute atomic E-state index is 13.1. The van der Waals surface area contributed by atoms with Gasteiger partial charge in [0.1, 0.15) is 11.9 Å². The second-order valence-electron chi connectivity index (χ2n) is 3.45. The van der Waals surface area contributed by atoms with Gasteiger partial charge in [-0.05, 0) is 18.9 Å². The number of nitrogens with two attached hydrogens (primary N) is 1. The highest BCUT2D eigenvalue weighted by atomic mass is 19.1. The van der Waals surface area contributed by atoms with Gasteiger partial charge in [-0.1, -0.05) is 0 Å². The number of nitrogen functional groups attached to an aromatic ring is 1. The van der Waals surface area contributed by atoms with Gasteiger partial charge in [-0.2, -0.15) is 5.26 Å². The Morgan fingerprint density at radius 2 is 2.21 bits per heavy atom. The number of anilines is 2. The molecule has 14 heavy (non-hydrogen) atoms. The molecule has 0 atom stereocenters. The number of halogens is 1. The molecule has 3 nitrogen and oxygen atoms in total. The lowest BCUT2D eigenvalue weighted by atomic mass is 10.1. The zero-order valence-corrected chi connectivity index (χ0v) is 7.55. The van der Waals surface area contributed by atoms with Crippen LogP contribution in [0.25, 0.3) is 0 Å². The van der Waals surface area contributed by atoms with E-state index in [0.29, 0.717) is 17.4 Å². The molecule has 0 aliphatic heterocycles. The van der Waals surface area contributed by atoms with Gasteiger partial charge in [0.15, 0.2) is 0 Å². The highest BCUT2D eigenvalue weighted by molar-refractivity contribution is 5.69. The largest absolute Gasteiger partial charge is 0.397 e. The maximum atomic E-state index is 13.1. The standard InChI is InChI=1S/C10H10FN3/c11-8-4-9(13)10(3-6(8)5-12)14-7-1-2-7/h3-4,7,14H,1-2,13H2. The number of nitrogens with zero attached hydrogens (tertiary/aromatic N) is 1. The summed E-state index contributed by atoms with van der Waals surface area (Å²) in [6.45, 7) is 0. The molecule has 1 saturated carbocycles. The van der Waals surface area contributed by atoms with Gasteiger partial charge in [-0.15, -0.1) is 0 Å². The number of benzene rings is 1. The van der Waals surface area contributed by atoms with E-state index in [1.807, 2.05) is 0 Å².